The van der Waals surface area contributed by atoms with E-state index in [4.69, 9.17) is 4.74 Å². The average Bonchev–Trinajstić information content (AvgIpc) is 2.26. The Balaban J connectivity index is 1.58. The summed E-state index contributed by atoms with van der Waals surface area (Å²) in [5, 5.41) is 0. The number of hydrogen-bond acceptors (Lipinski definition) is 2. The van der Waals surface area contributed by atoms with Crippen molar-refractivity contribution in [3.63, 3.8) is 0 Å². The molecule has 108 valence electrons. The van der Waals surface area contributed by atoms with Crippen LogP contribution in [0.5, 0.6) is 0 Å². The van der Waals surface area contributed by atoms with E-state index in [1.54, 1.807) is 0 Å². The van der Waals surface area contributed by atoms with Gasteiger partial charge in [-0.1, -0.05) is 33.1 Å². The molecular formula is C16H27NO2. The van der Waals surface area contributed by atoms with Gasteiger partial charge in [-0.3, -0.25) is 4.79 Å². The zero-order valence-electron chi connectivity index (χ0n) is 12.4. The van der Waals surface area contributed by atoms with E-state index in [1.165, 1.54) is 32.1 Å². The Morgan fingerprint density at radius 2 is 1.95 bits per heavy atom. The number of rotatable bonds is 3. The van der Waals surface area contributed by atoms with Crippen molar-refractivity contribution in [2.45, 2.75) is 64.3 Å². The summed E-state index contributed by atoms with van der Waals surface area (Å²) in [5.41, 5.74) is 0.276. The van der Waals surface area contributed by atoms with Crippen molar-refractivity contribution in [3.8, 4) is 0 Å². The van der Waals surface area contributed by atoms with Crippen LogP contribution in [-0.2, 0) is 9.53 Å². The molecule has 0 bridgehead atoms. The minimum Gasteiger partial charge on any atom is -0.376 e. The molecule has 2 aliphatic heterocycles. The maximum Gasteiger partial charge on any atom is 0.223 e. The number of nitrogens with zero attached hydrogens (tertiary/aromatic N) is 1. The van der Waals surface area contributed by atoms with Crippen LogP contribution in [-0.4, -0.2) is 36.1 Å². The highest BCUT2D eigenvalue weighted by Gasteiger charge is 2.53. The molecule has 0 N–H and O–H groups in total. The van der Waals surface area contributed by atoms with Crippen molar-refractivity contribution in [2.24, 2.45) is 11.3 Å². The maximum atomic E-state index is 12.6. The van der Waals surface area contributed by atoms with Gasteiger partial charge in [0.25, 0.3) is 0 Å². The summed E-state index contributed by atoms with van der Waals surface area (Å²) in [6, 6.07) is 0. The number of hydrogen-bond donors (Lipinski definition) is 0. The van der Waals surface area contributed by atoms with E-state index in [9.17, 15) is 4.79 Å². The van der Waals surface area contributed by atoms with Crippen LogP contribution in [0.25, 0.3) is 0 Å². The first-order valence-corrected chi connectivity index (χ1v) is 7.92. The van der Waals surface area contributed by atoms with Crippen molar-refractivity contribution >= 4 is 5.91 Å². The molecule has 0 aromatic heterocycles. The van der Waals surface area contributed by atoms with Gasteiger partial charge in [0.2, 0.25) is 5.91 Å². The maximum absolute atomic E-state index is 12.6. The summed E-state index contributed by atoms with van der Waals surface area (Å²) in [5.74, 6) is 1.10. The molecule has 3 aliphatic rings. The predicted molar refractivity (Wildman–Crippen MR) is 74.9 cm³/mol. The molecule has 0 unspecified atom stereocenters. The summed E-state index contributed by atoms with van der Waals surface area (Å²) in [4.78, 5) is 14.7. The van der Waals surface area contributed by atoms with Crippen LogP contribution in [0.1, 0.15) is 58.8 Å². The number of likely N-dealkylation sites (tertiary alicyclic amines) is 1. The Kier molecular flexibility index (Phi) is 3.36. The number of ether oxygens (including phenoxy) is 1. The van der Waals surface area contributed by atoms with Crippen molar-refractivity contribution < 1.29 is 9.53 Å². The van der Waals surface area contributed by atoms with Crippen molar-refractivity contribution in [2.75, 3.05) is 19.8 Å². The lowest BCUT2D eigenvalue weighted by Crippen LogP contribution is -2.72. The molecule has 1 amide bonds. The standard InChI is InChI=1S/C16H27NO2/c1-15(2,13-6-4-3-5-7-13)10-14(18)17-9-8-16(17)11-19-12-16/h13H,3-12H2,1-2H3. The van der Waals surface area contributed by atoms with Gasteiger partial charge >= 0.3 is 0 Å². The third-order valence-corrected chi connectivity index (χ3v) is 5.73. The molecule has 2 heterocycles. The van der Waals surface area contributed by atoms with Gasteiger partial charge in [-0.2, -0.15) is 0 Å². The van der Waals surface area contributed by atoms with E-state index in [2.05, 4.69) is 18.7 Å². The minimum absolute atomic E-state index is 0.111. The molecule has 0 radical (unpaired) electrons. The Morgan fingerprint density at radius 3 is 2.42 bits per heavy atom. The summed E-state index contributed by atoms with van der Waals surface area (Å²) in [7, 11) is 0. The van der Waals surface area contributed by atoms with Crippen LogP contribution in [0.2, 0.25) is 0 Å². The van der Waals surface area contributed by atoms with Crippen molar-refractivity contribution in [1.82, 2.24) is 4.90 Å². The minimum atomic E-state index is 0.111. The van der Waals surface area contributed by atoms with E-state index < -0.39 is 0 Å². The van der Waals surface area contributed by atoms with Crippen LogP contribution in [0.3, 0.4) is 0 Å². The lowest BCUT2D eigenvalue weighted by Gasteiger charge is -2.58. The van der Waals surface area contributed by atoms with E-state index in [1.807, 2.05) is 0 Å². The van der Waals surface area contributed by atoms with Crippen molar-refractivity contribution in [1.29, 1.82) is 0 Å². The second kappa shape index (κ2) is 4.76. The second-order valence-electron chi connectivity index (χ2n) is 7.51. The summed E-state index contributed by atoms with van der Waals surface area (Å²) in [6.07, 6.45) is 8.58. The first-order chi connectivity index (χ1) is 9.04. The lowest BCUT2D eigenvalue weighted by atomic mass is 9.68. The van der Waals surface area contributed by atoms with Gasteiger partial charge in [0, 0.05) is 13.0 Å². The molecule has 3 fully saturated rings. The van der Waals surface area contributed by atoms with Crippen LogP contribution >= 0.6 is 0 Å². The zero-order chi connectivity index (χ0) is 13.5. The van der Waals surface area contributed by atoms with Gasteiger partial charge in [-0.25, -0.2) is 0 Å². The molecule has 1 saturated carbocycles. The summed E-state index contributed by atoms with van der Waals surface area (Å²) < 4.78 is 5.31. The molecule has 2 saturated heterocycles. The van der Waals surface area contributed by atoms with E-state index >= 15 is 0 Å². The fourth-order valence-corrected chi connectivity index (χ4v) is 4.08. The molecule has 0 aromatic carbocycles. The molecule has 3 rings (SSSR count). The molecule has 1 aliphatic carbocycles. The third kappa shape index (κ3) is 2.31. The number of carbonyl (C=O) groups is 1. The Bertz CT molecular complexity index is 348. The molecule has 3 nitrogen and oxygen atoms in total. The molecule has 0 atom stereocenters. The van der Waals surface area contributed by atoms with Gasteiger partial charge in [-0.05, 0) is 30.6 Å². The van der Waals surface area contributed by atoms with Crippen LogP contribution < -0.4 is 0 Å². The normalized spacial score (nSPS) is 26.9. The first kappa shape index (κ1) is 13.4. The lowest BCUT2D eigenvalue weighted by molar-refractivity contribution is -0.201. The van der Waals surface area contributed by atoms with E-state index in [0.717, 1.165) is 38.5 Å². The highest BCUT2D eigenvalue weighted by atomic mass is 16.5. The molecule has 1 spiro atoms. The monoisotopic (exact) mass is 265 g/mol. The predicted octanol–water partition coefficient (Wildman–Crippen LogP) is 2.98. The highest BCUT2D eigenvalue weighted by Crippen LogP contribution is 2.43. The third-order valence-electron chi connectivity index (χ3n) is 5.73. The molecule has 19 heavy (non-hydrogen) atoms. The Morgan fingerprint density at radius 1 is 1.26 bits per heavy atom. The molecule has 3 heteroatoms. The summed E-state index contributed by atoms with van der Waals surface area (Å²) >= 11 is 0. The van der Waals surface area contributed by atoms with E-state index in [-0.39, 0.29) is 11.0 Å². The van der Waals surface area contributed by atoms with Gasteiger partial charge in [0.1, 0.15) is 0 Å². The van der Waals surface area contributed by atoms with Crippen LogP contribution in [0.4, 0.5) is 0 Å². The van der Waals surface area contributed by atoms with Crippen LogP contribution in [0, 0.1) is 11.3 Å². The first-order valence-electron chi connectivity index (χ1n) is 7.92. The van der Waals surface area contributed by atoms with E-state index in [0.29, 0.717) is 5.91 Å². The largest absolute Gasteiger partial charge is 0.376 e. The number of amides is 1. The van der Waals surface area contributed by atoms with Gasteiger partial charge < -0.3 is 9.64 Å². The van der Waals surface area contributed by atoms with Gasteiger partial charge in [-0.15, -0.1) is 0 Å². The highest BCUT2D eigenvalue weighted by molar-refractivity contribution is 5.79. The van der Waals surface area contributed by atoms with Crippen molar-refractivity contribution in [3.05, 3.63) is 0 Å². The van der Waals surface area contributed by atoms with Gasteiger partial charge in [0.05, 0.1) is 18.8 Å². The zero-order valence-corrected chi connectivity index (χ0v) is 12.4. The summed E-state index contributed by atoms with van der Waals surface area (Å²) in [6.45, 7) is 7.07. The molecule has 0 aromatic rings. The number of carbonyl (C=O) groups excluding carboxylic acids is 1. The fraction of sp³-hybridized carbons (Fsp3) is 0.938. The Labute approximate surface area is 116 Å². The average molecular weight is 265 g/mol. The van der Waals surface area contributed by atoms with Crippen LogP contribution in [0.15, 0.2) is 0 Å². The second-order valence-corrected chi connectivity index (χ2v) is 7.51. The topological polar surface area (TPSA) is 29.5 Å². The molecular weight excluding hydrogens is 238 g/mol. The quantitative estimate of drug-likeness (QED) is 0.785. The van der Waals surface area contributed by atoms with Gasteiger partial charge in [0.15, 0.2) is 0 Å². The smallest absolute Gasteiger partial charge is 0.223 e. The fourth-order valence-electron chi connectivity index (χ4n) is 4.08. The SMILES string of the molecule is CC(C)(CC(=O)N1CCC12COC2)C1CCCCC1. The Hall–Kier alpha value is -0.570.